The predicted molar refractivity (Wildman–Crippen MR) is 36.1 cm³/mol. The number of fused-ring (bicyclic) bond motifs is 1. The maximum absolute atomic E-state index is 11.1. The Morgan fingerprint density at radius 2 is 2.20 bits per heavy atom. The highest BCUT2D eigenvalue weighted by molar-refractivity contribution is 5.77. The monoisotopic (exact) mass is 141 g/mol. The van der Waals surface area contributed by atoms with Crippen LogP contribution in [0.4, 0.5) is 0 Å². The molecule has 0 aliphatic carbocycles. The van der Waals surface area contributed by atoms with Crippen molar-refractivity contribution in [3.63, 3.8) is 0 Å². The van der Waals surface area contributed by atoms with Gasteiger partial charge in [0.2, 0.25) is 5.91 Å². The van der Waals surface area contributed by atoms with Gasteiger partial charge in [-0.3, -0.25) is 15.4 Å². The van der Waals surface area contributed by atoms with Gasteiger partial charge in [0.1, 0.15) is 6.29 Å². The van der Waals surface area contributed by atoms with E-state index in [1.54, 1.807) is 0 Å². The fraction of sp³-hybridized carbons (Fsp3) is 0.833. The zero-order valence-electron chi connectivity index (χ0n) is 5.76. The molecule has 0 aromatic heterocycles. The third kappa shape index (κ3) is 0.803. The molecule has 2 aliphatic heterocycles. The van der Waals surface area contributed by atoms with Crippen molar-refractivity contribution >= 4 is 5.91 Å². The van der Waals surface area contributed by atoms with Crippen LogP contribution in [0.1, 0.15) is 6.42 Å². The Morgan fingerprint density at radius 1 is 1.40 bits per heavy atom. The van der Waals surface area contributed by atoms with Gasteiger partial charge in [-0.25, -0.2) is 0 Å². The zero-order valence-corrected chi connectivity index (χ0v) is 5.76. The van der Waals surface area contributed by atoms with Gasteiger partial charge in [-0.05, 0) is 0 Å². The molecule has 1 unspecified atom stereocenters. The van der Waals surface area contributed by atoms with E-state index >= 15 is 0 Å². The molecule has 10 heavy (non-hydrogen) atoms. The van der Waals surface area contributed by atoms with Crippen molar-refractivity contribution in [3.8, 4) is 0 Å². The molecule has 2 heterocycles. The third-order valence-electron chi connectivity index (χ3n) is 2.00. The Hall–Kier alpha value is -0.610. The van der Waals surface area contributed by atoms with Gasteiger partial charge in [0, 0.05) is 26.1 Å². The average Bonchev–Trinajstić information content (AvgIpc) is 2.36. The molecule has 4 nitrogen and oxygen atoms in total. The number of rotatable bonds is 0. The summed E-state index contributed by atoms with van der Waals surface area (Å²) in [5, 5.41) is 6.39. The van der Waals surface area contributed by atoms with Gasteiger partial charge >= 0.3 is 0 Å². The molecule has 2 rings (SSSR count). The summed E-state index contributed by atoms with van der Waals surface area (Å²) >= 11 is 0. The van der Waals surface area contributed by atoms with Crippen LogP contribution < -0.4 is 10.6 Å². The van der Waals surface area contributed by atoms with E-state index in [0.717, 1.165) is 19.6 Å². The highest BCUT2D eigenvalue weighted by atomic mass is 16.2. The Morgan fingerprint density at radius 3 is 3.00 bits per heavy atom. The van der Waals surface area contributed by atoms with E-state index in [2.05, 4.69) is 10.6 Å². The first-order valence-corrected chi connectivity index (χ1v) is 3.64. The topological polar surface area (TPSA) is 44.4 Å². The minimum absolute atomic E-state index is 0.126. The second-order valence-corrected chi connectivity index (χ2v) is 2.65. The van der Waals surface area contributed by atoms with Gasteiger partial charge in [-0.1, -0.05) is 0 Å². The highest BCUT2D eigenvalue weighted by Crippen LogP contribution is 2.07. The summed E-state index contributed by atoms with van der Waals surface area (Å²) in [6, 6.07) is 0. The summed E-state index contributed by atoms with van der Waals surface area (Å²) in [7, 11) is 0. The van der Waals surface area contributed by atoms with E-state index < -0.39 is 0 Å². The normalized spacial score (nSPS) is 32.6. The third-order valence-corrected chi connectivity index (χ3v) is 2.00. The van der Waals surface area contributed by atoms with E-state index in [4.69, 9.17) is 0 Å². The van der Waals surface area contributed by atoms with Crippen molar-refractivity contribution < 1.29 is 4.79 Å². The molecule has 0 aromatic carbocycles. The molecular weight excluding hydrogens is 130 g/mol. The molecule has 2 N–H and O–H groups in total. The van der Waals surface area contributed by atoms with E-state index in [9.17, 15) is 4.79 Å². The second-order valence-electron chi connectivity index (χ2n) is 2.65. The minimum Gasteiger partial charge on any atom is -0.313 e. The van der Waals surface area contributed by atoms with Crippen LogP contribution in [0.2, 0.25) is 0 Å². The number of nitrogens with zero attached hydrogens (tertiary/aromatic N) is 1. The maximum Gasteiger partial charge on any atom is 0.226 e. The Bertz CT molecular complexity index is 159. The van der Waals surface area contributed by atoms with E-state index in [-0.39, 0.29) is 12.2 Å². The first-order valence-electron chi connectivity index (χ1n) is 3.64. The van der Waals surface area contributed by atoms with E-state index in [1.165, 1.54) is 0 Å². The predicted octanol–water partition coefficient (Wildman–Crippen LogP) is -1.30. The van der Waals surface area contributed by atoms with Crippen LogP contribution in [-0.4, -0.2) is 36.7 Å². The molecule has 4 heteroatoms. The number of carbonyl (C=O) groups is 1. The Balaban J connectivity index is 2.10. The fourth-order valence-electron chi connectivity index (χ4n) is 1.47. The highest BCUT2D eigenvalue weighted by Gasteiger charge is 2.30. The van der Waals surface area contributed by atoms with Crippen LogP contribution in [-0.2, 0) is 4.79 Å². The lowest BCUT2D eigenvalue weighted by Crippen LogP contribution is -2.54. The summed E-state index contributed by atoms with van der Waals surface area (Å²) in [4.78, 5) is 13.0. The van der Waals surface area contributed by atoms with Crippen molar-refractivity contribution in [2.45, 2.75) is 12.7 Å². The molecular formula is C6H11N3O. The van der Waals surface area contributed by atoms with Crippen molar-refractivity contribution in [1.82, 2.24) is 15.5 Å². The van der Waals surface area contributed by atoms with E-state index in [1.807, 2.05) is 4.90 Å². The Labute approximate surface area is 59.6 Å². The van der Waals surface area contributed by atoms with Gasteiger partial charge < -0.3 is 4.90 Å². The molecule has 56 valence electrons. The standard InChI is InChI=1S/C6H11N3O/c10-5-1-2-7-6-8-3-4-9(5)6/h6-8H,1-4H2. The molecule has 1 atom stereocenters. The van der Waals surface area contributed by atoms with Crippen LogP contribution in [0.5, 0.6) is 0 Å². The molecule has 2 aliphatic rings. The largest absolute Gasteiger partial charge is 0.313 e. The summed E-state index contributed by atoms with van der Waals surface area (Å²) < 4.78 is 0. The van der Waals surface area contributed by atoms with Crippen molar-refractivity contribution in [1.29, 1.82) is 0 Å². The summed E-state index contributed by atoms with van der Waals surface area (Å²) in [6.07, 6.45) is 0.777. The van der Waals surface area contributed by atoms with Crippen LogP contribution in [0, 0.1) is 0 Å². The Kier molecular flexibility index (Phi) is 1.35. The molecule has 0 aromatic rings. The lowest BCUT2D eigenvalue weighted by molar-refractivity contribution is -0.135. The summed E-state index contributed by atoms with van der Waals surface area (Å²) in [6.45, 7) is 2.59. The van der Waals surface area contributed by atoms with Gasteiger partial charge in [0.25, 0.3) is 0 Å². The minimum atomic E-state index is 0.126. The number of amides is 1. The smallest absolute Gasteiger partial charge is 0.226 e. The van der Waals surface area contributed by atoms with Crippen LogP contribution in [0.3, 0.4) is 0 Å². The number of hydrogen-bond donors (Lipinski definition) is 2. The quantitative estimate of drug-likeness (QED) is 0.440. The number of nitrogens with one attached hydrogen (secondary N) is 2. The first-order chi connectivity index (χ1) is 4.88. The molecule has 0 spiro atoms. The average molecular weight is 141 g/mol. The molecule has 2 fully saturated rings. The maximum atomic E-state index is 11.1. The van der Waals surface area contributed by atoms with Crippen molar-refractivity contribution in [2.24, 2.45) is 0 Å². The van der Waals surface area contributed by atoms with Gasteiger partial charge in [0.05, 0.1) is 0 Å². The lowest BCUT2D eigenvalue weighted by atomic mass is 10.3. The van der Waals surface area contributed by atoms with Crippen molar-refractivity contribution in [2.75, 3.05) is 19.6 Å². The van der Waals surface area contributed by atoms with Crippen LogP contribution in [0.25, 0.3) is 0 Å². The van der Waals surface area contributed by atoms with Crippen LogP contribution in [0.15, 0.2) is 0 Å². The molecule has 1 amide bonds. The second kappa shape index (κ2) is 2.21. The van der Waals surface area contributed by atoms with Gasteiger partial charge in [-0.2, -0.15) is 0 Å². The molecule has 2 saturated heterocycles. The molecule has 0 radical (unpaired) electrons. The zero-order chi connectivity index (χ0) is 6.97. The number of carbonyl (C=O) groups excluding carboxylic acids is 1. The van der Waals surface area contributed by atoms with Gasteiger partial charge in [-0.15, -0.1) is 0 Å². The lowest BCUT2D eigenvalue weighted by Gasteiger charge is -2.29. The number of hydrogen-bond acceptors (Lipinski definition) is 3. The molecule has 0 saturated carbocycles. The SMILES string of the molecule is O=C1CCNC2NCCN12. The van der Waals surface area contributed by atoms with Gasteiger partial charge in [0.15, 0.2) is 0 Å². The first kappa shape index (κ1) is 6.12. The van der Waals surface area contributed by atoms with E-state index in [0.29, 0.717) is 6.42 Å². The van der Waals surface area contributed by atoms with Crippen LogP contribution >= 0.6 is 0 Å². The van der Waals surface area contributed by atoms with Crippen molar-refractivity contribution in [3.05, 3.63) is 0 Å². The fourth-order valence-corrected chi connectivity index (χ4v) is 1.47. The molecule has 0 bridgehead atoms. The summed E-state index contributed by atoms with van der Waals surface area (Å²) in [5.74, 6) is 0.272. The summed E-state index contributed by atoms with van der Waals surface area (Å²) in [5.41, 5.74) is 0.